The molecule has 0 aliphatic heterocycles. The summed E-state index contributed by atoms with van der Waals surface area (Å²) >= 11 is 0. The van der Waals surface area contributed by atoms with Crippen LogP contribution in [0.25, 0.3) is 0 Å². The van der Waals surface area contributed by atoms with Crippen LogP contribution in [-0.2, 0) is 19.1 Å². The molecule has 3 saturated carbocycles. The zero-order chi connectivity index (χ0) is 22.6. The van der Waals surface area contributed by atoms with Crippen LogP contribution in [0.3, 0.4) is 0 Å². The first-order chi connectivity index (χ1) is 14.6. The van der Waals surface area contributed by atoms with Crippen LogP contribution in [0.2, 0.25) is 0 Å². The zero-order valence-electron chi connectivity index (χ0n) is 20.1. The summed E-state index contributed by atoms with van der Waals surface area (Å²) < 4.78 is 6.26. The molecule has 31 heavy (non-hydrogen) atoms. The lowest BCUT2D eigenvalue weighted by molar-refractivity contribution is -0.192. The third-order valence-corrected chi connectivity index (χ3v) is 10.2. The van der Waals surface area contributed by atoms with E-state index < -0.39 is 5.60 Å². The summed E-state index contributed by atoms with van der Waals surface area (Å²) in [4.78, 5) is 38.2. The molecule has 4 heteroatoms. The number of rotatable bonds is 5. The Labute approximate surface area is 187 Å². The first-order valence-electron chi connectivity index (χ1n) is 12.6. The number of hydrogen-bond acceptors (Lipinski definition) is 4. The molecule has 0 saturated heterocycles. The molecule has 4 aliphatic rings. The fourth-order valence-corrected chi connectivity index (χ4v) is 8.25. The molecule has 0 aromatic carbocycles. The molecule has 3 fully saturated rings. The van der Waals surface area contributed by atoms with Gasteiger partial charge in [-0.3, -0.25) is 14.4 Å². The number of hydrogen-bond donors (Lipinski definition) is 0. The first kappa shape index (κ1) is 22.7. The van der Waals surface area contributed by atoms with Gasteiger partial charge < -0.3 is 4.74 Å². The first-order valence-corrected chi connectivity index (χ1v) is 12.6. The topological polar surface area (TPSA) is 60.4 Å². The van der Waals surface area contributed by atoms with E-state index in [4.69, 9.17) is 4.74 Å². The van der Waals surface area contributed by atoms with Gasteiger partial charge in [-0.15, -0.1) is 0 Å². The number of Topliss-reactive ketones (excluding diaryl/α,β-unsaturated/α-hetero) is 1. The van der Waals surface area contributed by atoms with Gasteiger partial charge >= 0.3 is 5.97 Å². The van der Waals surface area contributed by atoms with Crippen LogP contribution in [0.4, 0.5) is 0 Å². The Balaban J connectivity index is 1.65. The molecule has 4 rings (SSSR count). The van der Waals surface area contributed by atoms with Crippen molar-refractivity contribution in [1.82, 2.24) is 0 Å². The van der Waals surface area contributed by atoms with Crippen LogP contribution in [0.15, 0.2) is 11.6 Å². The van der Waals surface area contributed by atoms with E-state index in [-0.39, 0.29) is 34.3 Å². The van der Waals surface area contributed by atoms with Crippen molar-refractivity contribution in [3.63, 3.8) is 0 Å². The average molecular weight is 429 g/mol. The summed E-state index contributed by atoms with van der Waals surface area (Å²) in [6.45, 7) is 10.3. The Kier molecular flexibility index (Phi) is 5.75. The number of carbonyl (C=O) groups is 3. The van der Waals surface area contributed by atoms with E-state index in [0.29, 0.717) is 30.6 Å². The smallest absolute Gasteiger partial charge is 0.309 e. The molecule has 6 atom stereocenters. The van der Waals surface area contributed by atoms with Gasteiger partial charge in [0.25, 0.3) is 0 Å². The Bertz CT molecular complexity index is 808. The molecule has 0 N–H and O–H groups in total. The van der Waals surface area contributed by atoms with Crippen molar-refractivity contribution in [2.75, 3.05) is 0 Å². The third kappa shape index (κ3) is 3.18. The number of ketones is 2. The number of carbonyl (C=O) groups excluding carboxylic acids is 3. The molecular weight excluding hydrogens is 388 g/mol. The maximum absolute atomic E-state index is 13.1. The molecule has 0 bridgehead atoms. The second-order valence-corrected chi connectivity index (χ2v) is 11.3. The van der Waals surface area contributed by atoms with Gasteiger partial charge in [-0.2, -0.15) is 0 Å². The normalized spacial score (nSPS) is 41.8. The van der Waals surface area contributed by atoms with E-state index >= 15 is 0 Å². The van der Waals surface area contributed by atoms with Gasteiger partial charge in [-0.05, 0) is 94.0 Å². The molecule has 4 aliphatic carbocycles. The summed E-state index contributed by atoms with van der Waals surface area (Å²) in [5, 5.41) is 0. The lowest BCUT2D eigenvalue weighted by atomic mass is 9.46. The highest BCUT2D eigenvalue weighted by molar-refractivity contribution is 5.92. The fourth-order valence-electron chi connectivity index (χ4n) is 8.25. The standard InChI is InChI=1S/C27H40O4/c1-6-18(7-2)24(30)31-27(17(3)28)15-12-23-21-9-8-19-16-20(29)10-13-25(19,4)22(21)11-14-26(23,27)5/h16,18,21-23H,6-15H2,1-5H3/t21-,22+,23+,25+,26+,27+/m1/s1. The van der Waals surface area contributed by atoms with E-state index in [1.54, 1.807) is 6.92 Å². The van der Waals surface area contributed by atoms with Crippen LogP contribution in [0, 0.1) is 34.5 Å². The van der Waals surface area contributed by atoms with Crippen molar-refractivity contribution in [3.05, 3.63) is 11.6 Å². The van der Waals surface area contributed by atoms with Gasteiger partial charge in [0.15, 0.2) is 17.2 Å². The number of ether oxygens (including phenoxy) is 1. The number of esters is 1. The minimum Gasteiger partial charge on any atom is -0.450 e. The molecule has 0 radical (unpaired) electrons. The number of fused-ring (bicyclic) bond motifs is 5. The quantitative estimate of drug-likeness (QED) is 0.517. The van der Waals surface area contributed by atoms with Gasteiger partial charge in [0.05, 0.1) is 5.92 Å². The minimum absolute atomic E-state index is 0.0288. The van der Waals surface area contributed by atoms with Crippen LogP contribution in [0.1, 0.15) is 98.8 Å². The predicted octanol–water partition coefficient (Wildman–Crippen LogP) is 5.83. The maximum atomic E-state index is 13.1. The van der Waals surface area contributed by atoms with Crippen molar-refractivity contribution in [1.29, 1.82) is 0 Å². The summed E-state index contributed by atoms with van der Waals surface area (Å²) in [5.41, 5.74) is 0.224. The summed E-state index contributed by atoms with van der Waals surface area (Å²) in [6, 6.07) is 0. The molecule has 0 spiro atoms. The van der Waals surface area contributed by atoms with Gasteiger partial charge in [0.2, 0.25) is 0 Å². The van der Waals surface area contributed by atoms with E-state index in [1.807, 2.05) is 19.9 Å². The highest BCUT2D eigenvalue weighted by Gasteiger charge is 2.68. The number of allylic oxidation sites excluding steroid dienone is 1. The Morgan fingerprint density at radius 3 is 2.35 bits per heavy atom. The summed E-state index contributed by atoms with van der Waals surface area (Å²) in [5.74, 6) is 1.52. The Hall–Kier alpha value is -1.45. The van der Waals surface area contributed by atoms with Gasteiger partial charge in [-0.25, -0.2) is 0 Å². The van der Waals surface area contributed by atoms with E-state index in [2.05, 4.69) is 13.8 Å². The highest BCUT2D eigenvalue weighted by atomic mass is 16.6. The molecule has 0 heterocycles. The van der Waals surface area contributed by atoms with Crippen LogP contribution < -0.4 is 0 Å². The van der Waals surface area contributed by atoms with E-state index in [9.17, 15) is 14.4 Å². The Morgan fingerprint density at radius 2 is 1.71 bits per heavy atom. The van der Waals surface area contributed by atoms with Gasteiger partial charge in [0, 0.05) is 11.8 Å². The van der Waals surface area contributed by atoms with Crippen molar-refractivity contribution in [2.45, 2.75) is 104 Å². The SMILES string of the molecule is CCC(CC)C(=O)O[C@]1(C(C)=O)CC[C@H]2[C@@H]3CCC4=CC(=O)CC[C@]4(C)[C@H]3CC[C@@]21C. The second kappa shape index (κ2) is 7.85. The highest BCUT2D eigenvalue weighted by Crippen LogP contribution is 2.68. The van der Waals surface area contributed by atoms with Crippen LogP contribution >= 0.6 is 0 Å². The van der Waals surface area contributed by atoms with Crippen molar-refractivity contribution in [2.24, 2.45) is 34.5 Å². The van der Waals surface area contributed by atoms with Crippen molar-refractivity contribution >= 4 is 17.5 Å². The molecular formula is C27H40O4. The lowest BCUT2D eigenvalue weighted by Crippen LogP contribution is -2.59. The third-order valence-electron chi connectivity index (χ3n) is 10.2. The van der Waals surface area contributed by atoms with E-state index in [1.165, 1.54) is 5.57 Å². The predicted molar refractivity (Wildman–Crippen MR) is 120 cm³/mol. The van der Waals surface area contributed by atoms with Gasteiger partial charge in [-0.1, -0.05) is 33.3 Å². The summed E-state index contributed by atoms with van der Waals surface area (Å²) in [7, 11) is 0. The molecule has 0 unspecified atom stereocenters. The molecule has 0 aromatic rings. The van der Waals surface area contributed by atoms with E-state index in [0.717, 1.165) is 51.4 Å². The minimum atomic E-state index is -0.970. The summed E-state index contributed by atoms with van der Waals surface area (Å²) in [6.07, 6.45) is 10.8. The maximum Gasteiger partial charge on any atom is 0.309 e. The second-order valence-electron chi connectivity index (χ2n) is 11.3. The van der Waals surface area contributed by atoms with Crippen LogP contribution in [0.5, 0.6) is 0 Å². The van der Waals surface area contributed by atoms with Crippen molar-refractivity contribution < 1.29 is 19.1 Å². The van der Waals surface area contributed by atoms with Crippen molar-refractivity contribution in [3.8, 4) is 0 Å². The average Bonchev–Trinajstić information content (AvgIpc) is 3.03. The monoisotopic (exact) mass is 428 g/mol. The van der Waals surface area contributed by atoms with Crippen LogP contribution in [-0.4, -0.2) is 23.1 Å². The zero-order valence-corrected chi connectivity index (χ0v) is 20.1. The molecule has 4 nitrogen and oxygen atoms in total. The largest absolute Gasteiger partial charge is 0.450 e. The fraction of sp³-hybridized carbons (Fsp3) is 0.815. The molecule has 172 valence electrons. The Morgan fingerprint density at radius 1 is 1.03 bits per heavy atom. The molecule has 0 amide bonds. The molecule has 0 aromatic heterocycles. The van der Waals surface area contributed by atoms with Gasteiger partial charge in [0.1, 0.15) is 0 Å². The lowest BCUT2D eigenvalue weighted by Gasteiger charge is -2.59.